The summed E-state index contributed by atoms with van der Waals surface area (Å²) in [7, 11) is 0. The van der Waals surface area contributed by atoms with Gasteiger partial charge >= 0.3 is 0 Å². The Morgan fingerprint density at radius 2 is 1.61 bits per heavy atom. The average molecular weight is 262 g/mol. The molecule has 0 bridgehead atoms. The standard InChI is InChI=1S/C10H25N6O2/c11-5-3-8-13-7-1-2-9-15(10-4-6-12)16(18)14-17/h13H,1-12H2/q-1/p+1. The molecule has 0 aliphatic carbocycles. The molecule has 0 atom stereocenters. The Morgan fingerprint density at radius 1 is 1.00 bits per heavy atom. The van der Waals surface area contributed by atoms with Crippen LogP contribution in [-0.4, -0.2) is 49.6 Å². The van der Waals surface area contributed by atoms with Crippen molar-refractivity contribution >= 4 is 0 Å². The van der Waals surface area contributed by atoms with E-state index in [2.05, 4.69) is 10.6 Å². The van der Waals surface area contributed by atoms with E-state index in [9.17, 15) is 10.1 Å². The minimum Gasteiger partial charge on any atom is -0.724 e. The quantitative estimate of drug-likeness (QED) is 0.216. The second-order valence-corrected chi connectivity index (χ2v) is 4.15. The minimum absolute atomic E-state index is 0.119. The van der Waals surface area contributed by atoms with Gasteiger partial charge < -0.3 is 22.0 Å². The number of hydrogen-bond acceptors (Lipinski definition) is 6. The van der Waals surface area contributed by atoms with Crippen molar-refractivity contribution in [3.8, 4) is 0 Å². The van der Waals surface area contributed by atoms with E-state index >= 15 is 0 Å². The highest BCUT2D eigenvalue weighted by atomic mass is 16.6. The molecule has 0 saturated carbocycles. The van der Waals surface area contributed by atoms with Gasteiger partial charge in [0, 0.05) is 19.5 Å². The first kappa shape index (κ1) is 17.2. The lowest BCUT2D eigenvalue weighted by molar-refractivity contribution is -0.655. The molecular formula is C10H26N6O2. The van der Waals surface area contributed by atoms with Crippen LogP contribution in [0.25, 0.3) is 0 Å². The van der Waals surface area contributed by atoms with Gasteiger partial charge in [0.1, 0.15) is 0 Å². The normalized spacial score (nSPS) is 10.9. The molecule has 8 heteroatoms. The van der Waals surface area contributed by atoms with Gasteiger partial charge in [0.25, 0.3) is 0 Å². The van der Waals surface area contributed by atoms with Crippen molar-refractivity contribution in [2.75, 3.05) is 39.3 Å². The molecule has 0 aromatic heterocycles. The van der Waals surface area contributed by atoms with E-state index in [1.807, 2.05) is 0 Å². The van der Waals surface area contributed by atoms with Gasteiger partial charge in [-0.1, -0.05) is 0 Å². The maximum atomic E-state index is 11.1. The highest BCUT2D eigenvalue weighted by Gasteiger charge is 2.06. The maximum Gasteiger partial charge on any atom is 0.0767 e. The molecule has 0 saturated heterocycles. The van der Waals surface area contributed by atoms with Crippen LogP contribution in [0, 0.1) is 10.1 Å². The molecule has 0 aromatic carbocycles. The number of nitroso groups, excluding NO2 is 1. The summed E-state index contributed by atoms with van der Waals surface area (Å²) in [5.74, 6) is 0. The van der Waals surface area contributed by atoms with Gasteiger partial charge in [-0.05, 0) is 32.4 Å². The van der Waals surface area contributed by atoms with Crippen molar-refractivity contribution in [3.05, 3.63) is 10.1 Å². The first-order chi connectivity index (χ1) is 8.76. The topological polar surface area (TPSA) is 128 Å². The highest BCUT2D eigenvalue weighted by molar-refractivity contribution is 4.56. The summed E-state index contributed by atoms with van der Waals surface area (Å²) in [5, 5.41) is 17.2. The van der Waals surface area contributed by atoms with Gasteiger partial charge in [0.2, 0.25) is 0 Å². The predicted molar refractivity (Wildman–Crippen MR) is 70.8 cm³/mol. The zero-order valence-corrected chi connectivity index (χ0v) is 11.0. The van der Waals surface area contributed by atoms with E-state index in [0.29, 0.717) is 26.1 Å². The SMILES string of the molecule is NCCC[NH2+]CCCCN(CCCN)N([O-])N=O. The van der Waals surface area contributed by atoms with Crippen LogP contribution in [-0.2, 0) is 0 Å². The molecule has 6 N–H and O–H groups in total. The Bertz CT molecular complexity index is 195. The lowest BCUT2D eigenvalue weighted by atomic mass is 10.3. The monoisotopic (exact) mass is 262 g/mol. The van der Waals surface area contributed by atoms with E-state index in [-0.39, 0.29) is 5.28 Å². The fraction of sp³-hybridized carbons (Fsp3) is 1.00. The molecule has 0 unspecified atom stereocenters. The van der Waals surface area contributed by atoms with Crippen molar-refractivity contribution in [2.24, 2.45) is 16.8 Å². The third kappa shape index (κ3) is 9.25. The Balaban J connectivity index is 3.59. The fourth-order valence-electron chi connectivity index (χ4n) is 1.60. The van der Waals surface area contributed by atoms with Crippen molar-refractivity contribution < 1.29 is 5.32 Å². The molecule has 0 radical (unpaired) electrons. The Hall–Kier alpha value is -0.800. The van der Waals surface area contributed by atoms with Crippen LogP contribution in [0.3, 0.4) is 0 Å². The number of rotatable bonds is 13. The van der Waals surface area contributed by atoms with Crippen molar-refractivity contribution in [1.29, 1.82) is 0 Å². The molecule has 0 fully saturated rings. The lowest BCUT2D eigenvalue weighted by Gasteiger charge is -2.33. The second kappa shape index (κ2) is 12.7. The summed E-state index contributed by atoms with van der Waals surface area (Å²) in [6.07, 6.45) is 3.55. The average Bonchev–Trinajstić information content (AvgIpc) is 2.40. The van der Waals surface area contributed by atoms with Gasteiger partial charge in [-0.25, -0.2) is 5.01 Å². The molecule has 0 rings (SSSR count). The van der Waals surface area contributed by atoms with Crippen LogP contribution >= 0.6 is 0 Å². The smallest absolute Gasteiger partial charge is 0.0767 e. The maximum absolute atomic E-state index is 11.1. The van der Waals surface area contributed by atoms with Crippen LogP contribution in [0.1, 0.15) is 25.7 Å². The number of nitrogens with zero attached hydrogens (tertiary/aromatic N) is 3. The molecule has 0 spiro atoms. The Morgan fingerprint density at radius 3 is 2.22 bits per heavy atom. The van der Waals surface area contributed by atoms with Crippen LogP contribution in [0.15, 0.2) is 5.29 Å². The van der Waals surface area contributed by atoms with Gasteiger partial charge in [0.05, 0.1) is 18.4 Å². The van der Waals surface area contributed by atoms with Gasteiger partial charge in [-0.15, -0.1) is 4.91 Å². The summed E-state index contributed by atoms with van der Waals surface area (Å²) in [6, 6.07) is 0. The molecule has 0 aliphatic heterocycles. The van der Waals surface area contributed by atoms with Crippen LogP contribution in [0.4, 0.5) is 0 Å². The van der Waals surface area contributed by atoms with Crippen LogP contribution in [0.2, 0.25) is 0 Å². The summed E-state index contributed by atoms with van der Waals surface area (Å²) >= 11 is 0. The summed E-state index contributed by atoms with van der Waals surface area (Å²) in [4.78, 5) is 10.2. The van der Waals surface area contributed by atoms with E-state index in [0.717, 1.165) is 38.9 Å². The number of hydrazine groups is 1. The predicted octanol–water partition coefficient (Wildman–Crippen LogP) is -1.27. The van der Waals surface area contributed by atoms with Gasteiger partial charge in [0.15, 0.2) is 0 Å². The van der Waals surface area contributed by atoms with Crippen molar-refractivity contribution in [1.82, 2.24) is 10.3 Å². The largest absolute Gasteiger partial charge is 0.724 e. The van der Waals surface area contributed by atoms with Gasteiger partial charge in [-0.2, -0.15) is 0 Å². The zero-order valence-electron chi connectivity index (χ0n) is 11.0. The molecule has 108 valence electrons. The van der Waals surface area contributed by atoms with E-state index in [1.165, 1.54) is 5.01 Å². The molecule has 0 aliphatic rings. The number of unbranched alkanes of at least 4 members (excludes halogenated alkanes) is 1. The first-order valence-electron chi connectivity index (χ1n) is 6.53. The summed E-state index contributed by atoms with van der Waals surface area (Å²) in [5.41, 5.74) is 10.8. The molecular weight excluding hydrogens is 236 g/mol. The van der Waals surface area contributed by atoms with E-state index in [4.69, 9.17) is 11.5 Å². The third-order valence-electron chi connectivity index (χ3n) is 2.62. The lowest BCUT2D eigenvalue weighted by Crippen LogP contribution is -2.84. The number of hydrogen-bond donors (Lipinski definition) is 3. The Kier molecular flexibility index (Phi) is 12.1. The third-order valence-corrected chi connectivity index (χ3v) is 2.62. The van der Waals surface area contributed by atoms with Gasteiger partial charge in [-0.3, -0.25) is 5.28 Å². The summed E-state index contributed by atoms with van der Waals surface area (Å²) in [6.45, 7) is 4.28. The highest BCUT2D eigenvalue weighted by Crippen LogP contribution is 2.01. The van der Waals surface area contributed by atoms with Crippen LogP contribution < -0.4 is 16.8 Å². The fourth-order valence-corrected chi connectivity index (χ4v) is 1.60. The van der Waals surface area contributed by atoms with Crippen LogP contribution in [0.5, 0.6) is 0 Å². The molecule has 0 aromatic rings. The minimum atomic E-state index is 0.119. The molecule has 0 heterocycles. The second-order valence-electron chi connectivity index (χ2n) is 4.15. The van der Waals surface area contributed by atoms with Crippen molar-refractivity contribution in [2.45, 2.75) is 25.7 Å². The molecule has 8 nitrogen and oxygen atoms in total. The molecule has 0 amide bonds. The zero-order chi connectivity index (χ0) is 13.6. The van der Waals surface area contributed by atoms with Crippen molar-refractivity contribution in [3.63, 3.8) is 0 Å². The number of nitrogens with two attached hydrogens (primary N) is 3. The summed E-state index contributed by atoms with van der Waals surface area (Å²) < 4.78 is 0. The first-order valence-corrected chi connectivity index (χ1v) is 6.53. The Labute approximate surface area is 108 Å². The van der Waals surface area contributed by atoms with E-state index < -0.39 is 0 Å². The molecule has 18 heavy (non-hydrogen) atoms. The number of quaternary nitrogens is 1. The van der Waals surface area contributed by atoms with E-state index in [1.54, 1.807) is 0 Å².